The number of aliphatic hydroxyl groups is 1. The normalized spacial score (nSPS) is 30.0. The van der Waals surface area contributed by atoms with Crippen LogP contribution in [0.3, 0.4) is 0 Å². The van der Waals surface area contributed by atoms with E-state index >= 15 is 0 Å². The molecule has 1 N–H and O–H groups in total. The molecular formula is C31H51N3O5. The number of carbonyl (C=O) groups is 3. The zero-order valence-electron chi connectivity index (χ0n) is 24.9. The Hall–Kier alpha value is -2.19. The van der Waals surface area contributed by atoms with Crippen molar-refractivity contribution in [1.82, 2.24) is 14.7 Å². The van der Waals surface area contributed by atoms with Crippen LogP contribution < -0.4 is 0 Å². The number of unbranched alkanes of at least 4 members (excludes halogenated alkanes) is 2. The van der Waals surface area contributed by atoms with E-state index in [0.29, 0.717) is 45.4 Å². The fourth-order valence-electron chi connectivity index (χ4n) is 7.37. The van der Waals surface area contributed by atoms with E-state index in [1.807, 2.05) is 27.7 Å². The minimum absolute atomic E-state index is 0.0822. The third-order valence-electron chi connectivity index (χ3n) is 9.28. The highest BCUT2D eigenvalue weighted by molar-refractivity contribution is 5.99. The molecule has 0 radical (unpaired) electrons. The Morgan fingerprint density at radius 1 is 1.05 bits per heavy atom. The van der Waals surface area contributed by atoms with Gasteiger partial charge in [0.1, 0.15) is 11.6 Å². The Morgan fingerprint density at radius 2 is 1.69 bits per heavy atom. The Kier molecular flexibility index (Phi) is 10.4. The minimum atomic E-state index is -1.09. The molecule has 0 saturated carbocycles. The van der Waals surface area contributed by atoms with Crippen molar-refractivity contribution in [3.63, 3.8) is 0 Å². The lowest BCUT2D eigenvalue weighted by atomic mass is 9.64. The van der Waals surface area contributed by atoms with Crippen LogP contribution in [0.2, 0.25) is 0 Å². The van der Waals surface area contributed by atoms with Crippen molar-refractivity contribution in [1.29, 1.82) is 0 Å². The van der Waals surface area contributed by atoms with Gasteiger partial charge >= 0.3 is 0 Å². The molecule has 0 aliphatic carbocycles. The highest BCUT2D eigenvalue weighted by Gasteiger charge is 2.79. The molecule has 39 heavy (non-hydrogen) atoms. The molecule has 6 atom stereocenters. The molecule has 2 unspecified atom stereocenters. The van der Waals surface area contributed by atoms with Gasteiger partial charge in [-0.1, -0.05) is 59.6 Å². The molecule has 8 heteroatoms. The average Bonchev–Trinajstić information content (AvgIpc) is 3.51. The lowest BCUT2D eigenvalue weighted by molar-refractivity contribution is -0.159. The summed E-state index contributed by atoms with van der Waals surface area (Å²) in [5, 5.41) is 10.5. The van der Waals surface area contributed by atoms with Crippen molar-refractivity contribution in [3.05, 3.63) is 25.3 Å². The molecule has 3 saturated heterocycles. The molecular weight excluding hydrogens is 494 g/mol. The summed E-state index contributed by atoms with van der Waals surface area (Å²) in [5.41, 5.74) is -1.88. The molecule has 3 amide bonds. The van der Waals surface area contributed by atoms with Crippen LogP contribution in [0.1, 0.15) is 79.6 Å². The van der Waals surface area contributed by atoms with Crippen LogP contribution in [0.15, 0.2) is 25.3 Å². The van der Waals surface area contributed by atoms with E-state index in [1.165, 1.54) is 0 Å². The molecule has 220 valence electrons. The van der Waals surface area contributed by atoms with E-state index in [1.54, 1.807) is 26.9 Å². The second-order valence-corrected chi connectivity index (χ2v) is 11.9. The van der Waals surface area contributed by atoms with Gasteiger partial charge in [-0.25, -0.2) is 0 Å². The Bertz CT molecular complexity index is 922. The number of nitrogens with zero attached hydrogens (tertiary/aromatic N) is 3. The van der Waals surface area contributed by atoms with Crippen molar-refractivity contribution < 1.29 is 24.2 Å². The van der Waals surface area contributed by atoms with Crippen molar-refractivity contribution in [2.24, 2.45) is 17.8 Å². The summed E-state index contributed by atoms with van der Waals surface area (Å²) < 4.78 is 6.93. The monoisotopic (exact) mass is 545 g/mol. The molecule has 0 aromatic carbocycles. The van der Waals surface area contributed by atoms with Gasteiger partial charge in [-0.2, -0.15) is 0 Å². The Labute approximate surface area is 235 Å². The third-order valence-corrected chi connectivity index (χ3v) is 9.28. The van der Waals surface area contributed by atoms with Gasteiger partial charge in [0.15, 0.2) is 0 Å². The first kappa shape index (κ1) is 31.3. The summed E-state index contributed by atoms with van der Waals surface area (Å²) in [6, 6.07) is -1.44. The summed E-state index contributed by atoms with van der Waals surface area (Å²) in [4.78, 5) is 48.3. The highest BCUT2D eigenvalue weighted by Crippen LogP contribution is 2.65. The minimum Gasteiger partial charge on any atom is -0.394 e. The number of likely N-dealkylation sites (tertiary alicyclic amines) is 1. The predicted octanol–water partition coefficient (Wildman–Crippen LogP) is 3.79. The Balaban J connectivity index is 2.15. The first-order valence-corrected chi connectivity index (χ1v) is 15.1. The quantitative estimate of drug-likeness (QED) is 0.235. The van der Waals surface area contributed by atoms with Gasteiger partial charge in [-0.3, -0.25) is 14.4 Å². The van der Waals surface area contributed by atoms with E-state index in [-0.39, 0.29) is 30.2 Å². The largest absolute Gasteiger partial charge is 0.394 e. The van der Waals surface area contributed by atoms with Gasteiger partial charge in [-0.15, -0.1) is 13.2 Å². The number of rotatable bonds is 16. The number of ether oxygens (including phenoxy) is 1. The zero-order chi connectivity index (χ0) is 29.0. The molecule has 8 nitrogen and oxygen atoms in total. The van der Waals surface area contributed by atoms with E-state index in [0.717, 1.165) is 25.7 Å². The zero-order valence-corrected chi connectivity index (χ0v) is 24.9. The number of amides is 3. The van der Waals surface area contributed by atoms with Crippen LogP contribution in [0.5, 0.6) is 0 Å². The lowest BCUT2D eigenvalue weighted by Crippen LogP contribution is -2.59. The van der Waals surface area contributed by atoms with Gasteiger partial charge in [0.05, 0.1) is 30.1 Å². The maximum atomic E-state index is 14.5. The van der Waals surface area contributed by atoms with Crippen LogP contribution in [-0.2, 0) is 19.1 Å². The van der Waals surface area contributed by atoms with Crippen LogP contribution in [0, 0.1) is 17.8 Å². The van der Waals surface area contributed by atoms with Gasteiger partial charge < -0.3 is 24.5 Å². The summed E-state index contributed by atoms with van der Waals surface area (Å²) in [6.07, 6.45) is 8.86. The highest BCUT2D eigenvalue weighted by atomic mass is 16.5. The molecule has 1 spiro atoms. The molecule has 3 fully saturated rings. The smallest absolute Gasteiger partial charge is 0.248 e. The van der Waals surface area contributed by atoms with E-state index in [2.05, 4.69) is 20.1 Å². The van der Waals surface area contributed by atoms with Gasteiger partial charge in [-0.05, 0) is 38.0 Å². The summed E-state index contributed by atoms with van der Waals surface area (Å²) in [7, 11) is 0. The van der Waals surface area contributed by atoms with Gasteiger partial charge in [0.25, 0.3) is 0 Å². The van der Waals surface area contributed by atoms with Crippen molar-refractivity contribution in [2.75, 3.05) is 32.8 Å². The Morgan fingerprint density at radius 3 is 2.21 bits per heavy atom. The van der Waals surface area contributed by atoms with E-state index in [9.17, 15) is 19.5 Å². The van der Waals surface area contributed by atoms with E-state index in [4.69, 9.17) is 4.74 Å². The SMILES string of the molecule is C=CCN(CCCCC)C(=O)C1N([C@@H](CO)C(C)C)C(=O)[C@@H]2[C@H](C(=O)N(CC=C)CCC)[C@]3(CC)CCC12O3. The van der Waals surface area contributed by atoms with Crippen LogP contribution in [0.4, 0.5) is 0 Å². The van der Waals surface area contributed by atoms with Crippen LogP contribution in [0.25, 0.3) is 0 Å². The maximum absolute atomic E-state index is 14.5. The average molecular weight is 546 g/mol. The predicted molar refractivity (Wildman–Crippen MR) is 153 cm³/mol. The second kappa shape index (κ2) is 13.0. The summed E-state index contributed by atoms with van der Waals surface area (Å²) >= 11 is 0. The summed E-state index contributed by atoms with van der Waals surface area (Å²) in [6.45, 7) is 19.4. The first-order chi connectivity index (χ1) is 18.6. The molecule has 0 aromatic rings. The van der Waals surface area contributed by atoms with Crippen molar-refractivity contribution >= 4 is 17.7 Å². The number of hydrogen-bond acceptors (Lipinski definition) is 5. The number of fused-ring (bicyclic) bond motifs is 1. The van der Waals surface area contributed by atoms with E-state index < -0.39 is 35.1 Å². The summed E-state index contributed by atoms with van der Waals surface area (Å²) in [5.74, 6) is -2.02. The molecule has 3 aliphatic rings. The molecule has 3 heterocycles. The van der Waals surface area contributed by atoms with Crippen molar-refractivity contribution in [2.45, 2.75) is 103 Å². The maximum Gasteiger partial charge on any atom is 0.248 e. The molecule has 2 bridgehead atoms. The number of hydrogen-bond donors (Lipinski definition) is 1. The standard InChI is InChI=1S/C31H51N3O5/c1-8-13-14-20-33(19-11-4)29(38)26-31-16-15-30(12-5,39-31)24(27(36)32(17-9-2)18-10-3)25(31)28(37)34(26)23(21-35)22(6)7/h9,11,22-26,35H,2,4,8,10,12-21H2,1,3,5-7H3/t23-,24+,25-,26?,30-,31?/m0/s1. The molecule has 3 aliphatic heterocycles. The molecule has 3 rings (SSSR count). The van der Waals surface area contributed by atoms with Crippen LogP contribution in [-0.4, -0.2) is 93.6 Å². The first-order valence-electron chi connectivity index (χ1n) is 15.1. The van der Waals surface area contributed by atoms with Crippen LogP contribution >= 0.6 is 0 Å². The van der Waals surface area contributed by atoms with Crippen molar-refractivity contribution in [3.8, 4) is 0 Å². The fraction of sp³-hybridized carbons (Fsp3) is 0.774. The lowest BCUT2D eigenvalue weighted by Gasteiger charge is -2.40. The van der Waals surface area contributed by atoms with Gasteiger partial charge in [0, 0.05) is 26.2 Å². The molecule has 0 aromatic heterocycles. The van der Waals surface area contributed by atoms with Gasteiger partial charge in [0.2, 0.25) is 17.7 Å². The third kappa shape index (κ3) is 5.31. The fourth-order valence-corrected chi connectivity index (χ4v) is 7.37. The second-order valence-electron chi connectivity index (χ2n) is 11.9. The number of aliphatic hydroxyl groups excluding tert-OH is 1. The topological polar surface area (TPSA) is 90.4 Å². The number of carbonyl (C=O) groups excluding carboxylic acids is 3.